The summed E-state index contributed by atoms with van der Waals surface area (Å²) in [5, 5.41) is 4.28. The van der Waals surface area contributed by atoms with E-state index in [9.17, 15) is 4.79 Å². The van der Waals surface area contributed by atoms with E-state index in [-0.39, 0.29) is 11.9 Å². The second kappa shape index (κ2) is 7.73. The first kappa shape index (κ1) is 16.2. The molecule has 1 N–H and O–H groups in total. The van der Waals surface area contributed by atoms with Gasteiger partial charge >= 0.3 is 0 Å². The standard InChI is InChI=1S/C21H22N2O/c1-2-8-21(24)23-20(16-9-4-3-5-10-16)15-18-14-13-17-11-6-7-12-19(17)22-18/h3-7,9-14,20H,2,8,15H2,1H3,(H,23,24). The van der Waals surface area contributed by atoms with Gasteiger partial charge in [0.25, 0.3) is 0 Å². The van der Waals surface area contributed by atoms with Crippen LogP contribution in [-0.4, -0.2) is 10.9 Å². The molecule has 0 spiro atoms. The van der Waals surface area contributed by atoms with Crippen molar-refractivity contribution in [3.63, 3.8) is 0 Å². The van der Waals surface area contributed by atoms with Gasteiger partial charge in [-0.3, -0.25) is 9.78 Å². The molecule has 0 saturated carbocycles. The normalized spacial score (nSPS) is 12.0. The van der Waals surface area contributed by atoms with E-state index >= 15 is 0 Å². The van der Waals surface area contributed by atoms with Crippen molar-refractivity contribution in [1.82, 2.24) is 10.3 Å². The van der Waals surface area contributed by atoms with Crippen molar-refractivity contribution < 1.29 is 4.79 Å². The van der Waals surface area contributed by atoms with Gasteiger partial charge in [-0.05, 0) is 24.1 Å². The molecule has 0 aliphatic carbocycles. The molecule has 3 nitrogen and oxygen atoms in total. The molecule has 0 aliphatic heterocycles. The van der Waals surface area contributed by atoms with E-state index in [0.29, 0.717) is 12.8 Å². The van der Waals surface area contributed by atoms with E-state index in [1.165, 1.54) is 0 Å². The molecule has 3 heteroatoms. The van der Waals surface area contributed by atoms with Gasteiger partial charge in [-0.15, -0.1) is 0 Å². The zero-order chi connectivity index (χ0) is 16.8. The molecular formula is C21H22N2O. The Bertz CT molecular complexity index is 814. The van der Waals surface area contributed by atoms with E-state index < -0.39 is 0 Å². The summed E-state index contributed by atoms with van der Waals surface area (Å²) < 4.78 is 0. The van der Waals surface area contributed by atoms with E-state index in [2.05, 4.69) is 29.6 Å². The highest BCUT2D eigenvalue weighted by molar-refractivity contribution is 5.78. The van der Waals surface area contributed by atoms with Gasteiger partial charge in [0.1, 0.15) is 0 Å². The molecule has 2 aromatic carbocycles. The fourth-order valence-electron chi connectivity index (χ4n) is 2.86. The van der Waals surface area contributed by atoms with Crippen molar-refractivity contribution in [3.05, 3.63) is 78.0 Å². The minimum atomic E-state index is -0.0566. The van der Waals surface area contributed by atoms with Crippen LogP contribution in [-0.2, 0) is 11.2 Å². The SMILES string of the molecule is CCCC(=O)NC(Cc1ccc2ccccc2n1)c1ccccc1. The van der Waals surface area contributed by atoms with Crippen molar-refractivity contribution >= 4 is 16.8 Å². The van der Waals surface area contributed by atoms with Crippen LogP contribution in [0.4, 0.5) is 0 Å². The van der Waals surface area contributed by atoms with Gasteiger partial charge in [0.2, 0.25) is 5.91 Å². The Labute approximate surface area is 142 Å². The largest absolute Gasteiger partial charge is 0.349 e. The molecule has 1 aromatic heterocycles. The van der Waals surface area contributed by atoms with Crippen LogP contribution in [0.15, 0.2) is 66.7 Å². The van der Waals surface area contributed by atoms with Crippen molar-refractivity contribution in [2.75, 3.05) is 0 Å². The topological polar surface area (TPSA) is 42.0 Å². The fourth-order valence-corrected chi connectivity index (χ4v) is 2.86. The van der Waals surface area contributed by atoms with Crippen LogP contribution in [0.5, 0.6) is 0 Å². The molecule has 1 atom stereocenters. The summed E-state index contributed by atoms with van der Waals surface area (Å²) in [5.74, 6) is 0.0899. The predicted octanol–water partition coefficient (Wildman–Crippen LogP) is 4.43. The maximum atomic E-state index is 12.1. The molecule has 24 heavy (non-hydrogen) atoms. The van der Waals surface area contributed by atoms with Crippen molar-refractivity contribution in [3.8, 4) is 0 Å². The molecule has 3 rings (SSSR count). The van der Waals surface area contributed by atoms with Crippen molar-refractivity contribution in [2.24, 2.45) is 0 Å². The summed E-state index contributed by atoms with van der Waals surface area (Å²) in [4.78, 5) is 16.8. The molecule has 3 aromatic rings. The quantitative estimate of drug-likeness (QED) is 0.730. The number of pyridine rings is 1. The Balaban J connectivity index is 1.85. The number of aromatic nitrogens is 1. The summed E-state index contributed by atoms with van der Waals surface area (Å²) in [6.45, 7) is 2.02. The van der Waals surface area contributed by atoms with Crippen LogP contribution in [0.1, 0.15) is 37.1 Å². The first-order valence-corrected chi connectivity index (χ1v) is 8.45. The van der Waals surface area contributed by atoms with E-state index in [4.69, 9.17) is 4.98 Å². The van der Waals surface area contributed by atoms with Gasteiger partial charge < -0.3 is 5.32 Å². The first-order chi connectivity index (χ1) is 11.8. The van der Waals surface area contributed by atoms with E-state index in [1.807, 2.05) is 49.4 Å². The van der Waals surface area contributed by atoms with Crippen LogP contribution in [0.25, 0.3) is 10.9 Å². The van der Waals surface area contributed by atoms with Crippen LogP contribution in [0, 0.1) is 0 Å². The number of benzene rings is 2. The van der Waals surface area contributed by atoms with Crippen LogP contribution in [0.3, 0.4) is 0 Å². The molecule has 122 valence electrons. The molecule has 1 heterocycles. The summed E-state index contributed by atoms with van der Waals surface area (Å²) in [7, 11) is 0. The Morgan fingerprint density at radius 2 is 1.75 bits per heavy atom. The molecule has 1 amide bonds. The Morgan fingerprint density at radius 3 is 2.54 bits per heavy atom. The highest BCUT2D eigenvalue weighted by atomic mass is 16.1. The summed E-state index contributed by atoms with van der Waals surface area (Å²) in [5.41, 5.74) is 3.08. The lowest BCUT2D eigenvalue weighted by Crippen LogP contribution is -2.29. The summed E-state index contributed by atoms with van der Waals surface area (Å²) >= 11 is 0. The van der Waals surface area contributed by atoms with Crippen LogP contribution in [0.2, 0.25) is 0 Å². The van der Waals surface area contributed by atoms with Gasteiger partial charge in [-0.25, -0.2) is 0 Å². The molecule has 1 unspecified atom stereocenters. The average Bonchev–Trinajstić information content (AvgIpc) is 2.62. The van der Waals surface area contributed by atoms with Gasteiger partial charge in [0, 0.05) is 23.9 Å². The van der Waals surface area contributed by atoms with Gasteiger partial charge in [-0.1, -0.05) is 61.5 Å². The fraction of sp³-hybridized carbons (Fsp3) is 0.238. The smallest absolute Gasteiger partial charge is 0.220 e. The van der Waals surface area contributed by atoms with Gasteiger partial charge in [-0.2, -0.15) is 0 Å². The number of carbonyl (C=O) groups excluding carboxylic acids is 1. The molecule has 0 radical (unpaired) electrons. The number of hydrogen-bond acceptors (Lipinski definition) is 2. The molecular weight excluding hydrogens is 296 g/mol. The van der Waals surface area contributed by atoms with Crippen molar-refractivity contribution in [2.45, 2.75) is 32.2 Å². The molecule has 0 fully saturated rings. The van der Waals surface area contributed by atoms with Crippen molar-refractivity contribution in [1.29, 1.82) is 0 Å². The Hall–Kier alpha value is -2.68. The number of amides is 1. The summed E-state index contributed by atoms with van der Waals surface area (Å²) in [6, 6.07) is 22.3. The highest BCUT2D eigenvalue weighted by Crippen LogP contribution is 2.20. The number of para-hydroxylation sites is 1. The number of fused-ring (bicyclic) bond motifs is 1. The van der Waals surface area contributed by atoms with Gasteiger partial charge in [0.15, 0.2) is 0 Å². The zero-order valence-corrected chi connectivity index (χ0v) is 13.9. The lowest BCUT2D eigenvalue weighted by Gasteiger charge is -2.19. The Morgan fingerprint density at radius 1 is 1.00 bits per heavy atom. The third kappa shape index (κ3) is 3.99. The first-order valence-electron chi connectivity index (χ1n) is 8.45. The minimum Gasteiger partial charge on any atom is -0.349 e. The second-order valence-electron chi connectivity index (χ2n) is 5.98. The minimum absolute atomic E-state index is 0.0566. The number of rotatable bonds is 6. The second-order valence-corrected chi connectivity index (χ2v) is 5.98. The molecule has 0 saturated heterocycles. The lowest BCUT2D eigenvalue weighted by molar-refractivity contribution is -0.121. The number of nitrogens with zero attached hydrogens (tertiary/aromatic N) is 1. The van der Waals surface area contributed by atoms with E-state index in [1.54, 1.807) is 0 Å². The average molecular weight is 318 g/mol. The summed E-state index contributed by atoms with van der Waals surface area (Å²) in [6.07, 6.45) is 2.08. The Kier molecular flexibility index (Phi) is 5.22. The molecule has 0 aliphatic rings. The lowest BCUT2D eigenvalue weighted by atomic mass is 10.0. The number of carbonyl (C=O) groups is 1. The number of nitrogens with one attached hydrogen (secondary N) is 1. The monoisotopic (exact) mass is 318 g/mol. The third-order valence-electron chi connectivity index (χ3n) is 4.08. The van der Waals surface area contributed by atoms with E-state index in [0.717, 1.165) is 28.6 Å². The highest BCUT2D eigenvalue weighted by Gasteiger charge is 2.15. The zero-order valence-electron chi connectivity index (χ0n) is 13.9. The molecule has 0 bridgehead atoms. The maximum Gasteiger partial charge on any atom is 0.220 e. The van der Waals surface area contributed by atoms with Crippen LogP contribution >= 0.6 is 0 Å². The number of hydrogen-bond donors (Lipinski definition) is 1. The predicted molar refractivity (Wildman–Crippen MR) is 97.7 cm³/mol. The maximum absolute atomic E-state index is 12.1. The van der Waals surface area contributed by atoms with Gasteiger partial charge in [0.05, 0.1) is 11.6 Å². The third-order valence-corrected chi connectivity index (χ3v) is 4.08. The van der Waals surface area contributed by atoms with Crippen LogP contribution < -0.4 is 5.32 Å².